The summed E-state index contributed by atoms with van der Waals surface area (Å²) in [5.41, 5.74) is 1.69. The second-order valence-electron chi connectivity index (χ2n) is 6.73. The zero-order valence-corrected chi connectivity index (χ0v) is 16.1. The fourth-order valence-electron chi connectivity index (χ4n) is 3.17. The van der Waals surface area contributed by atoms with Crippen molar-refractivity contribution in [2.45, 2.75) is 19.4 Å². The van der Waals surface area contributed by atoms with E-state index < -0.39 is 11.6 Å². The molecule has 3 aromatic rings. The molecule has 0 radical (unpaired) electrons. The van der Waals surface area contributed by atoms with Gasteiger partial charge in [0.25, 0.3) is 5.91 Å². The highest BCUT2D eigenvalue weighted by molar-refractivity contribution is 7.14. The quantitative estimate of drug-likeness (QED) is 0.672. The lowest BCUT2D eigenvalue weighted by Gasteiger charge is -2.15. The normalized spacial score (nSPS) is 13.7. The lowest BCUT2D eigenvalue weighted by molar-refractivity contribution is -0.128. The van der Waals surface area contributed by atoms with E-state index >= 15 is 0 Å². The summed E-state index contributed by atoms with van der Waals surface area (Å²) >= 11 is 1.13. The second-order valence-corrected chi connectivity index (χ2v) is 7.59. The molecule has 148 valence electrons. The summed E-state index contributed by atoms with van der Waals surface area (Å²) in [6.07, 6.45) is 1.48. The van der Waals surface area contributed by atoms with Crippen LogP contribution in [0.4, 0.5) is 13.9 Å². The zero-order chi connectivity index (χ0) is 20.4. The van der Waals surface area contributed by atoms with Gasteiger partial charge in [-0.15, -0.1) is 11.3 Å². The van der Waals surface area contributed by atoms with Crippen molar-refractivity contribution in [3.8, 4) is 11.3 Å². The minimum atomic E-state index is -0.582. The Morgan fingerprint density at radius 3 is 2.69 bits per heavy atom. The van der Waals surface area contributed by atoms with E-state index in [0.717, 1.165) is 48.1 Å². The topological polar surface area (TPSA) is 62.3 Å². The molecule has 1 aromatic heterocycles. The summed E-state index contributed by atoms with van der Waals surface area (Å²) in [6, 6.07) is 10.2. The summed E-state index contributed by atoms with van der Waals surface area (Å²) in [5.74, 6) is -1.34. The molecule has 1 aliphatic rings. The number of benzene rings is 2. The number of halogens is 2. The molecule has 0 saturated carbocycles. The van der Waals surface area contributed by atoms with Crippen molar-refractivity contribution in [2.75, 3.05) is 11.9 Å². The van der Waals surface area contributed by atoms with Crippen LogP contribution in [0, 0.1) is 11.6 Å². The van der Waals surface area contributed by atoms with Crippen molar-refractivity contribution in [1.82, 2.24) is 9.88 Å². The molecule has 1 N–H and O–H groups in total. The van der Waals surface area contributed by atoms with Crippen LogP contribution in [0.25, 0.3) is 11.3 Å². The Hall–Kier alpha value is -3.13. The Balaban J connectivity index is 1.42. The molecule has 29 heavy (non-hydrogen) atoms. The van der Waals surface area contributed by atoms with E-state index in [1.54, 1.807) is 22.4 Å². The van der Waals surface area contributed by atoms with Crippen LogP contribution in [0.2, 0.25) is 0 Å². The summed E-state index contributed by atoms with van der Waals surface area (Å²) < 4.78 is 27.3. The smallest absolute Gasteiger partial charge is 0.257 e. The van der Waals surface area contributed by atoms with Crippen molar-refractivity contribution >= 4 is 28.3 Å². The van der Waals surface area contributed by atoms with Gasteiger partial charge in [0.05, 0.1) is 5.69 Å². The van der Waals surface area contributed by atoms with Crippen LogP contribution in [-0.2, 0) is 11.3 Å². The van der Waals surface area contributed by atoms with Crippen molar-refractivity contribution in [2.24, 2.45) is 0 Å². The van der Waals surface area contributed by atoms with Crippen LogP contribution in [-0.4, -0.2) is 28.2 Å². The van der Waals surface area contributed by atoms with Gasteiger partial charge in [0, 0.05) is 36.0 Å². The fraction of sp³-hybridized carbons (Fsp3) is 0.190. The van der Waals surface area contributed by atoms with Crippen molar-refractivity contribution in [3.05, 3.63) is 70.6 Å². The highest BCUT2D eigenvalue weighted by Gasteiger charge is 2.20. The molecule has 0 atom stereocenters. The average molecular weight is 413 g/mol. The van der Waals surface area contributed by atoms with Crippen LogP contribution in [0.5, 0.6) is 0 Å². The summed E-state index contributed by atoms with van der Waals surface area (Å²) in [4.78, 5) is 30.1. The lowest BCUT2D eigenvalue weighted by atomic mass is 10.1. The summed E-state index contributed by atoms with van der Waals surface area (Å²) in [6.45, 7) is 1.30. The minimum absolute atomic E-state index is 0.0440. The molecule has 1 fully saturated rings. The maximum absolute atomic E-state index is 13.9. The molecular formula is C21H17F2N3O2S. The predicted octanol–water partition coefficient (Wildman–Crippen LogP) is 4.46. The molecule has 2 heterocycles. The lowest BCUT2D eigenvalue weighted by Crippen LogP contribution is -2.23. The molecule has 1 aliphatic heterocycles. The first-order chi connectivity index (χ1) is 14.0. The van der Waals surface area contributed by atoms with Crippen molar-refractivity contribution in [1.29, 1.82) is 0 Å². The summed E-state index contributed by atoms with van der Waals surface area (Å²) in [5, 5.41) is 4.52. The predicted molar refractivity (Wildman–Crippen MR) is 107 cm³/mol. The second kappa shape index (κ2) is 8.08. The number of anilines is 1. The van der Waals surface area contributed by atoms with E-state index in [9.17, 15) is 18.4 Å². The number of likely N-dealkylation sites (tertiary alicyclic amines) is 1. The van der Waals surface area contributed by atoms with Gasteiger partial charge in [0.15, 0.2) is 5.13 Å². The van der Waals surface area contributed by atoms with Crippen LogP contribution in [0.3, 0.4) is 0 Å². The van der Waals surface area contributed by atoms with Gasteiger partial charge in [-0.3, -0.25) is 14.9 Å². The van der Waals surface area contributed by atoms with E-state index in [0.29, 0.717) is 23.7 Å². The number of amides is 2. The molecule has 2 amide bonds. The van der Waals surface area contributed by atoms with Gasteiger partial charge in [0.2, 0.25) is 5.91 Å². The number of hydrogen-bond donors (Lipinski definition) is 1. The van der Waals surface area contributed by atoms with Gasteiger partial charge in [0.1, 0.15) is 11.6 Å². The molecule has 0 aliphatic carbocycles. The zero-order valence-electron chi connectivity index (χ0n) is 15.3. The van der Waals surface area contributed by atoms with Crippen molar-refractivity contribution in [3.63, 3.8) is 0 Å². The van der Waals surface area contributed by atoms with Gasteiger partial charge in [-0.1, -0.05) is 12.1 Å². The van der Waals surface area contributed by atoms with Crippen LogP contribution >= 0.6 is 11.3 Å². The molecule has 0 unspecified atom stereocenters. The highest BCUT2D eigenvalue weighted by atomic mass is 32.1. The van der Waals surface area contributed by atoms with E-state index in [1.165, 1.54) is 0 Å². The number of hydrogen-bond acceptors (Lipinski definition) is 4. The Morgan fingerprint density at radius 1 is 1.17 bits per heavy atom. The molecule has 0 spiro atoms. The molecule has 5 nitrogen and oxygen atoms in total. The molecule has 0 bridgehead atoms. The third-order valence-electron chi connectivity index (χ3n) is 4.69. The number of nitrogens with zero attached hydrogens (tertiary/aromatic N) is 2. The van der Waals surface area contributed by atoms with Crippen LogP contribution in [0.1, 0.15) is 28.8 Å². The van der Waals surface area contributed by atoms with Crippen molar-refractivity contribution < 1.29 is 18.4 Å². The van der Waals surface area contributed by atoms with Gasteiger partial charge in [-0.2, -0.15) is 0 Å². The molecule has 4 rings (SSSR count). The maximum atomic E-state index is 13.9. The third kappa shape index (κ3) is 4.32. The Labute approximate surface area is 170 Å². The molecule has 1 saturated heterocycles. The largest absolute Gasteiger partial charge is 0.338 e. The van der Waals surface area contributed by atoms with E-state index in [2.05, 4.69) is 10.3 Å². The van der Waals surface area contributed by atoms with Gasteiger partial charge in [-0.05, 0) is 42.3 Å². The Morgan fingerprint density at radius 2 is 1.97 bits per heavy atom. The number of carbonyl (C=O) groups excluding carboxylic acids is 2. The molecule has 2 aromatic carbocycles. The highest BCUT2D eigenvalue weighted by Crippen LogP contribution is 2.28. The SMILES string of the molecule is O=C(Nc1nc(-c2cc(F)ccc2F)cs1)c1ccc(CN2CCCC2=O)cc1. The van der Waals surface area contributed by atoms with E-state index in [4.69, 9.17) is 0 Å². The monoisotopic (exact) mass is 413 g/mol. The Bertz CT molecular complexity index is 1070. The average Bonchev–Trinajstić information content (AvgIpc) is 3.33. The third-order valence-corrected chi connectivity index (χ3v) is 5.45. The standard InChI is InChI=1S/C21H17F2N3O2S/c22-15-7-8-17(23)16(10-15)18-12-29-21(24-18)25-20(28)14-5-3-13(4-6-14)11-26-9-1-2-19(26)27/h3-8,10,12H,1-2,9,11H2,(H,24,25,28). The van der Waals surface area contributed by atoms with Gasteiger partial charge in [-0.25, -0.2) is 13.8 Å². The Kier molecular flexibility index (Phi) is 5.35. The number of aromatic nitrogens is 1. The first-order valence-electron chi connectivity index (χ1n) is 9.08. The minimum Gasteiger partial charge on any atom is -0.338 e. The molecule has 8 heteroatoms. The first kappa shape index (κ1) is 19.2. The summed E-state index contributed by atoms with van der Waals surface area (Å²) in [7, 11) is 0. The number of carbonyl (C=O) groups is 2. The number of thiazole rings is 1. The number of rotatable bonds is 5. The fourth-order valence-corrected chi connectivity index (χ4v) is 3.88. The van der Waals surface area contributed by atoms with E-state index in [-0.39, 0.29) is 23.1 Å². The maximum Gasteiger partial charge on any atom is 0.257 e. The van der Waals surface area contributed by atoms with Crippen LogP contribution < -0.4 is 5.32 Å². The van der Waals surface area contributed by atoms with E-state index in [1.807, 2.05) is 12.1 Å². The first-order valence-corrected chi connectivity index (χ1v) is 9.96. The van der Waals surface area contributed by atoms with Crippen LogP contribution in [0.15, 0.2) is 47.8 Å². The molecular weight excluding hydrogens is 396 g/mol. The van der Waals surface area contributed by atoms with Gasteiger partial charge >= 0.3 is 0 Å². The number of nitrogens with one attached hydrogen (secondary N) is 1. The van der Waals surface area contributed by atoms with Gasteiger partial charge < -0.3 is 4.90 Å².